The first-order valence-corrected chi connectivity index (χ1v) is 6.77. The zero-order valence-corrected chi connectivity index (χ0v) is 11.3. The molecule has 4 rings (SSSR count). The van der Waals surface area contributed by atoms with Crippen LogP contribution in [-0.2, 0) is 6.67 Å². The Morgan fingerprint density at radius 2 is 1.90 bits per heavy atom. The molecule has 5 nitrogen and oxygen atoms in total. The molecule has 2 aromatic carbocycles. The van der Waals surface area contributed by atoms with Crippen LogP contribution in [0.2, 0.25) is 0 Å². The Morgan fingerprint density at radius 3 is 2.90 bits per heavy atom. The lowest BCUT2D eigenvalue weighted by atomic mass is 10.2. The third-order valence-corrected chi connectivity index (χ3v) is 3.46. The Kier molecular flexibility index (Phi) is 2.74. The molecule has 0 saturated heterocycles. The standard InChI is InChI=1S/C16H13N5/c1-2-6-16-15(5-1)19-20-21(16)11-18-13-7-8-14-12(10-13)4-3-9-17-14/h1-10,18H,11H2. The van der Waals surface area contributed by atoms with Crippen molar-refractivity contribution in [2.45, 2.75) is 6.67 Å². The molecule has 0 aliphatic rings. The van der Waals surface area contributed by atoms with Crippen LogP contribution < -0.4 is 5.32 Å². The van der Waals surface area contributed by atoms with Gasteiger partial charge < -0.3 is 5.32 Å². The van der Waals surface area contributed by atoms with Crippen molar-refractivity contribution in [2.24, 2.45) is 0 Å². The summed E-state index contributed by atoms with van der Waals surface area (Å²) >= 11 is 0. The number of para-hydroxylation sites is 1. The van der Waals surface area contributed by atoms with Crippen molar-refractivity contribution in [3.8, 4) is 0 Å². The van der Waals surface area contributed by atoms with Crippen LogP contribution in [0, 0.1) is 0 Å². The number of nitrogens with one attached hydrogen (secondary N) is 1. The lowest BCUT2D eigenvalue weighted by Gasteiger charge is -2.07. The summed E-state index contributed by atoms with van der Waals surface area (Å²) < 4.78 is 1.85. The van der Waals surface area contributed by atoms with Gasteiger partial charge in [0.1, 0.15) is 12.2 Å². The van der Waals surface area contributed by atoms with Crippen molar-refractivity contribution in [3.05, 3.63) is 60.8 Å². The summed E-state index contributed by atoms with van der Waals surface area (Å²) in [5.41, 5.74) is 3.96. The molecular weight excluding hydrogens is 262 g/mol. The second kappa shape index (κ2) is 4.86. The van der Waals surface area contributed by atoms with Gasteiger partial charge in [0, 0.05) is 17.3 Å². The summed E-state index contributed by atoms with van der Waals surface area (Å²) in [6.07, 6.45) is 1.80. The lowest BCUT2D eigenvalue weighted by Crippen LogP contribution is -2.09. The van der Waals surface area contributed by atoms with E-state index in [-0.39, 0.29) is 0 Å². The van der Waals surface area contributed by atoms with Crippen LogP contribution in [0.25, 0.3) is 21.9 Å². The molecular formula is C16H13N5. The van der Waals surface area contributed by atoms with Gasteiger partial charge in [-0.15, -0.1) is 5.10 Å². The average Bonchev–Trinajstić information content (AvgIpc) is 2.96. The molecule has 0 atom stereocenters. The van der Waals surface area contributed by atoms with Crippen molar-refractivity contribution < 1.29 is 0 Å². The van der Waals surface area contributed by atoms with Crippen LogP contribution in [-0.4, -0.2) is 20.0 Å². The van der Waals surface area contributed by atoms with Crippen molar-refractivity contribution in [1.82, 2.24) is 20.0 Å². The normalized spacial score (nSPS) is 11.0. The molecule has 0 saturated carbocycles. The summed E-state index contributed by atoms with van der Waals surface area (Å²) in [7, 11) is 0. The number of nitrogens with zero attached hydrogens (tertiary/aromatic N) is 4. The maximum absolute atomic E-state index is 4.32. The zero-order valence-electron chi connectivity index (χ0n) is 11.3. The van der Waals surface area contributed by atoms with Crippen LogP contribution >= 0.6 is 0 Å². The molecule has 0 aliphatic carbocycles. The number of anilines is 1. The SMILES string of the molecule is c1cnc2ccc(NCn3nnc4ccccc43)cc2c1. The number of hydrogen-bond acceptors (Lipinski definition) is 4. The smallest absolute Gasteiger partial charge is 0.113 e. The first-order valence-electron chi connectivity index (χ1n) is 6.77. The van der Waals surface area contributed by atoms with Gasteiger partial charge in [0.15, 0.2) is 0 Å². The van der Waals surface area contributed by atoms with E-state index in [1.165, 1.54) is 0 Å². The molecule has 0 amide bonds. The fourth-order valence-electron chi connectivity index (χ4n) is 2.39. The minimum atomic E-state index is 0.576. The first-order chi connectivity index (χ1) is 10.4. The largest absolute Gasteiger partial charge is 0.366 e. The van der Waals surface area contributed by atoms with Gasteiger partial charge >= 0.3 is 0 Å². The van der Waals surface area contributed by atoms with Gasteiger partial charge in [0.2, 0.25) is 0 Å². The Labute approximate surface area is 121 Å². The van der Waals surface area contributed by atoms with Crippen LogP contribution in [0.3, 0.4) is 0 Å². The maximum Gasteiger partial charge on any atom is 0.113 e. The third-order valence-electron chi connectivity index (χ3n) is 3.46. The van der Waals surface area contributed by atoms with Gasteiger partial charge in [-0.25, -0.2) is 4.68 Å². The van der Waals surface area contributed by atoms with E-state index in [0.29, 0.717) is 6.67 Å². The molecule has 2 aromatic heterocycles. The summed E-state index contributed by atoms with van der Waals surface area (Å²) in [4.78, 5) is 4.32. The minimum absolute atomic E-state index is 0.576. The van der Waals surface area contributed by atoms with Gasteiger partial charge in [-0.3, -0.25) is 4.98 Å². The second-order valence-corrected chi connectivity index (χ2v) is 4.82. The molecule has 21 heavy (non-hydrogen) atoms. The van der Waals surface area contributed by atoms with E-state index in [9.17, 15) is 0 Å². The second-order valence-electron chi connectivity index (χ2n) is 4.82. The monoisotopic (exact) mass is 275 g/mol. The fourth-order valence-corrected chi connectivity index (χ4v) is 2.39. The quantitative estimate of drug-likeness (QED) is 0.624. The van der Waals surface area contributed by atoms with Crippen LogP contribution in [0.5, 0.6) is 0 Å². The number of hydrogen-bond donors (Lipinski definition) is 1. The number of rotatable bonds is 3. The van der Waals surface area contributed by atoms with Gasteiger partial charge in [-0.1, -0.05) is 23.4 Å². The molecule has 0 aliphatic heterocycles. The molecule has 0 fully saturated rings. The molecule has 0 radical (unpaired) electrons. The molecule has 4 aromatic rings. The zero-order chi connectivity index (χ0) is 14.1. The third kappa shape index (κ3) is 2.18. The van der Waals surface area contributed by atoms with E-state index in [2.05, 4.69) is 32.7 Å². The number of pyridine rings is 1. The summed E-state index contributed by atoms with van der Waals surface area (Å²) in [5.74, 6) is 0. The van der Waals surface area contributed by atoms with Gasteiger partial charge in [-0.05, 0) is 36.4 Å². The Balaban J connectivity index is 1.60. The number of aromatic nitrogens is 4. The van der Waals surface area contributed by atoms with Crippen LogP contribution in [0.4, 0.5) is 5.69 Å². The molecule has 0 spiro atoms. The van der Waals surface area contributed by atoms with Crippen molar-refractivity contribution in [1.29, 1.82) is 0 Å². The van der Waals surface area contributed by atoms with E-state index in [4.69, 9.17) is 0 Å². The molecule has 5 heteroatoms. The highest BCUT2D eigenvalue weighted by Crippen LogP contribution is 2.17. The van der Waals surface area contributed by atoms with Crippen molar-refractivity contribution in [2.75, 3.05) is 5.32 Å². The highest BCUT2D eigenvalue weighted by Gasteiger charge is 2.03. The predicted molar refractivity (Wildman–Crippen MR) is 82.9 cm³/mol. The van der Waals surface area contributed by atoms with E-state index < -0.39 is 0 Å². The maximum atomic E-state index is 4.32. The Bertz CT molecular complexity index is 912. The lowest BCUT2D eigenvalue weighted by molar-refractivity contribution is 0.655. The van der Waals surface area contributed by atoms with E-state index >= 15 is 0 Å². The Morgan fingerprint density at radius 1 is 0.952 bits per heavy atom. The minimum Gasteiger partial charge on any atom is -0.366 e. The molecule has 2 heterocycles. The average molecular weight is 275 g/mol. The van der Waals surface area contributed by atoms with Gasteiger partial charge in [-0.2, -0.15) is 0 Å². The van der Waals surface area contributed by atoms with Gasteiger partial charge in [0.05, 0.1) is 11.0 Å². The predicted octanol–water partition coefficient (Wildman–Crippen LogP) is 3.05. The molecule has 102 valence electrons. The van der Waals surface area contributed by atoms with Gasteiger partial charge in [0.25, 0.3) is 0 Å². The molecule has 1 N–H and O–H groups in total. The van der Waals surface area contributed by atoms with Crippen molar-refractivity contribution in [3.63, 3.8) is 0 Å². The van der Waals surface area contributed by atoms with Crippen molar-refractivity contribution >= 4 is 27.6 Å². The molecule has 0 unspecified atom stereocenters. The van der Waals surface area contributed by atoms with E-state index in [1.54, 1.807) is 6.20 Å². The number of benzene rings is 2. The molecule has 0 bridgehead atoms. The fraction of sp³-hybridized carbons (Fsp3) is 0.0625. The topological polar surface area (TPSA) is 55.6 Å². The van der Waals surface area contributed by atoms with E-state index in [1.807, 2.05) is 47.1 Å². The summed E-state index contributed by atoms with van der Waals surface area (Å²) in [6, 6.07) is 18.0. The van der Waals surface area contributed by atoms with E-state index in [0.717, 1.165) is 27.6 Å². The van der Waals surface area contributed by atoms with Crippen LogP contribution in [0.15, 0.2) is 60.8 Å². The number of fused-ring (bicyclic) bond motifs is 2. The summed E-state index contributed by atoms with van der Waals surface area (Å²) in [6.45, 7) is 0.576. The summed E-state index contributed by atoms with van der Waals surface area (Å²) in [5, 5.41) is 12.8. The van der Waals surface area contributed by atoms with Crippen LogP contribution in [0.1, 0.15) is 0 Å². The highest BCUT2D eigenvalue weighted by molar-refractivity contribution is 5.82. The Hall–Kier alpha value is -2.95. The highest BCUT2D eigenvalue weighted by atomic mass is 15.4. The first kappa shape index (κ1) is 11.8.